The first kappa shape index (κ1) is 13.1. The number of phenolic OH excluding ortho intramolecular Hbond substituents is 1. The highest BCUT2D eigenvalue weighted by Crippen LogP contribution is 2.69. The number of nitrogens with one attached hydrogen (secondary N) is 2. The summed E-state index contributed by atoms with van der Waals surface area (Å²) in [6.07, 6.45) is 5.58. The topological polar surface area (TPSA) is 88.6 Å². The average molecular weight is 353 g/mol. The molecule has 0 radical (unpaired) electrons. The van der Waals surface area contributed by atoms with Gasteiger partial charge in [0.1, 0.15) is 0 Å². The number of nitrogens with zero attached hydrogens (tertiary/aromatic N) is 1. The monoisotopic (exact) mass is 353 g/mol. The average Bonchev–Trinajstić information content (AvgIpc) is 3.12. The number of hydrogen-bond acceptors (Lipinski definition) is 6. The third kappa shape index (κ3) is 1.15. The van der Waals surface area contributed by atoms with E-state index in [9.17, 15) is 15.0 Å². The van der Waals surface area contributed by atoms with E-state index in [0.29, 0.717) is 18.5 Å². The van der Waals surface area contributed by atoms with Crippen LogP contribution < -0.4 is 10.2 Å². The van der Waals surface area contributed by atoms with E-state index in [-0.39, 0.29) is 22.3 Å². The van der Waals surface area contributed by atoms with Crippen LogP contribution in [-0.4, -0.2) is 38.6 Å². The molecule has 1 spiro atoms. The molecule has 5 aliphatic rings. The first-order valence-corrected chi connectivity index (χ1v) is 9.50. The summed E-state index contributed by atoms with van der Waals surface area (Å²) in [7, 11) is 0. The Balaban J connectivity index is 1.76. The summed E-state index contributed by atoms with van der Waals surface area (Å²) in [5, 5.41) is 27.0. The molecule has 1 aromatic carbocycles. The van der Waals surface area contributed by atoms with Crippen molar-refractivity contribution in [2.45, 2.75) is 35.8 Å². The lowest BCUT2D eigenvalue weighted by Crippen LogP contribution is -2.64. The second-order valence-corrected chi connectivity index (χ2v) is 9.06. The predicted octanol–water partition coefficient (Wildman–Crippen LogP) is 1.92. The van der Waals surface area contributed by atoms with Gasteiger partial charge in [-0.15, -0.1) is 11.8 Å². The summed E-state index contributed by atoms with van der Waals surface area (Å²) in [5.74, 6) is 0.0516. The van der Waals surface area contributed by atoms with Gasteiger partial charge in [-0.1, -0.05) is 0 Å². The lowest BCUT2D eigenvalue weighted by Gasteiger charge is -2.55. The van der Waals surface area contributed by atoms with Gasteiger partial charge in [-0.05, 0) is 24.5 Å². The highest BCUT2D eigenvalue weighted by molar-refractivity contribution is 8.04. The summed E-state index contributed by atoms with van der Waals surface area (Å²) >= 11 is 1.66. The lowest BCUT2D eigenvalue weighted by molar-refractivity contribution is -0.136. The Hall–Kier alpha value is -2.12. The molecule has 0 unspecified atom stereocenters. The molecule has 126 valence electrons. The van der Waals surface area contributed by atoms with E-state index in [0.717, 1.165) is 45.6 Å². The van der Waals surface area contributed by atoms with E-state index < -0.39 is 5.72 Å². The molecule has 1 aromatic heterocycles. The Bertz CT molecular complexity index is 1090. The van der Waals surface area contributed by atoms with E-state index in [1.54, 1.807) is 17.8 Å². The van der Waals surface area contributed by atoms with Crippen molar-refractivity contribution < 1.29 is 15.0 Å². The Kier molecular flexibility index (Phi) is 1.86. The molecule has 6 nitrogen and oxygen atoms in total. The van der Waals surface area contributed by atoms with Crippen LogP contribution in [0, 0.1) is 0 Å². The maximum atomic E-state index is 12.9. The van der Waals surface area contributed by atoms with Crippen LogP contribution >= 0.6 is 11.8 Å². The van der Waals surface area contributed by atoms with Gasteiger partial charge in [0, 0.05) is 40.4 Å². The van der Waals surface area contributed by atoms with Crippen LogP contribution in [0.1, 0.15) is 24.0 Å². The fraction of sp³-hybridized carbons (Fsp3) is 0.389. The van der Waals surface area contributed by atoms with Gasteiger partial charge in [0.05, 0.1) is 22.3 Å². The summed E-state index contributed by atoms with van der Waals surface area (Å²) in [6, 6.07) is 0. The standard InChI is InChI=1S/C18H15N3O3S/c22-8-3-9-17-4-10(25-9)20-14-12(17)15-11-7(5-19-13(11)16(14)23)1-2-21(15)18(8,24)6-17/h3,5,10,19-20,23-24H,1-2,4,6H2/t10-,17+,18+/m0/s1. The molecule has 1 fully saturated rings. The van der Waals surface area contributed by atoms with E-state index >= 15 is 0 Å². The van der Waals surface area contributed by atoms with Gasteiger partial charge in [-0.25, -0.2) is 0 Å². The molecule has 3 bridgehead atoms. The van der Waals surface area contributed by atoms with Gasteiger partial charge < -0.3 is 25.4 Å². The molecule has 4 aliphatic heterocycles. The van der Waals surface area contributed by atoms with Crippen molar-refractivity contribution in [1.82, 2.24) is 4.98 Å². The van der Waals surface area contributed by atoms with Crippen LogP contribution in [0.2, 0.25) is 0 Å². The number of carbonyl (C=O) groups is 1. The number of aromatic amines is 1. The molecule has 25 heavy (non-hydrogen) atoms. The van der Waals surface area contributed by atoms with Crippen molar-refractivity contribution >= 4 is 39.8 Å². The zero-order valence-corrected chi connectivity index (χ0v) is 14.0. The number of thioether (sulfide) groups is 1. The molecular formula is C18H15N3O3S. The van der Waals surface area contributed by atoms with Gasteiger partial charge in [0.2, 0.25) is 11.5 Å². The van der Waals surface area contributed by atoms with Crippen molar-refractivity contribution in [2.24, 2.45) is 0 Å². The number of phenols is 1. The minimum absolute atomic E-state index is 0.119. The molecule has 1 aliphatic carbocycles. The number of benzene rings is 1. The van der Waals surface area contributed by atoms with E-state index in [4.69, 9.17) is 0 Å². The van der Waals surface area contributed by atoms with E-state index in [2.05, 4.69) is 10.3 Å². The number of anilines is 2. The second kappa shape index (κ2) is 3.54. The fourth-order valence-corrected chi connectivity index (χ4v) is 7.29. The molecule has 2 aromatic rings. The number of ketones is 1. The van der Waals surface area contributed by atoms with Gasteiger partial charge in [-0.2, -0.15) is 0 Å². The molecule has 0 amide bonds. The number of carbonyl (C=O) groups excluding carboxylic acids is 1. The van der Waals surface area contributed by atoms with Gasteiger partial charge >= 0.3 is 0 Å². The Morgan fingerprint density at radius 2 is 2.28 bits per heavy atom. The number of aliphatic hydroxyl groups is 1. The van der Waals surface area contributed by atoms with E-state index in [1.165, 1.54) is 0 Å². The largest absolute Gasteiger partial charge is 0.504 e. The van der Waals surface area contributed by atoms with Crippen molar-refractivity contribution in [3.8, 4) is 5.75 Å². The molecule has 4 N–H and O–H groups in total. The smallest absolute Gasteiger partial charge is 0.208 e. The summed E-state index contributed by atoms with van der Waals surface area (Å²) in [4.78, 5) is 19.0. The Morgan fingerprint density at radius 1 is 1.40 bits per heavy atom. The molecule has 7 rings (SSSR count). The van der Waals surface area contributed by atoms with Crippen LogP contribution in [0.25, 0.3) is 10.9 Å². The highest BCUT2D eigenvalue weighted by Gasteiger charge is 2.65. The zero-order chi connectivity index (χ0) is 16.7. The SMILES string of the molecule is O=C1C=C2S[C@H]3C[C@@]24C[C@]1(O)N1CCc2c[nH]c5c(O)c(c4c1c25)N3. The summed E-state index contributed by atoms with van der Waals surface area (Å²) in [6.45, 7) is 0.606. The zero-order valence-electron chi connectivity index (χ0n) is 13.2. The molecule has 7 heteroatoms. The minimum Gasteiger partial charge on any atom is -0.504 e. The van der Waals surface area contributed by atoms with Gasteiger partial charge in [-0.3, -0.25) is 4.79 Å². The van der Waals surface area contributed by atoms with E-state index in [1.807, 2.05) is 11.1 Å². The Labute approximate surface area is 146 Å². The maximum Gasteiger partial charge on any atom is 0.208 e. The quantitative estimate of drug-likeness (QED) is 0.541. The third-order valence-electron chi connectivity index (χ3n) is 6.74. The number of H-pyrrole nitrogens is 1. The Morgan fingerprint density at radius 3 is 3.16 bits per heavy atom. The maximum absolute atomic E-state index is 12.9. The second-order valence-electron chi connectivity index (χ2n) is 7.82. The number of aromatic nitrogens is 1. The fourth-order valence-electron chi connectivity index (χ4n) is 5.78. The highest BCUT2D eigenvalue weighted by atomic mass is 32.2. The van der Waals surface area contributed by atoms with Crippen LogP contribution in [0.4, 0.5) is 11.4 Å². The third-order valence-corrected chi connectivity index (χ3v) is 8.08. The van der Waals surface area contributed by atoms with Crippen LogP contribution in [-0.2, 0) is 16.6 Å². The number of allylic oxidation sites excluding steroid dienone is 1. The van der Waals surface area contributed by atoms with Crippen molar-refractivity contribution in [3.63, 3.8) is 0 Å². The van der Waals surface area contributed by atoms with Crippen LogP contribution in [0.5, 0.6) is 5.75 Å². The normalized spacial score (nSPS) is 36.0. The van der Waals surface area contributed by atoms with Crippen molar-refractivity contribution in [3.05, 3.63) is 28.3 Å². The molecule has 1 saturated heterocycles. The minimum atomic E-state index is -1.47. The van der Waals surface area contributed by atoms with Gasteiger partial charge in [0.25, 0.3) is 0 Å². The lowest BCUT2D eigenvalue weighted by atomic mass is 9.61. The molecule has 0 saturated carbocycles. The number of hydrogen-bond donors (Lipinski definition) is 4. The number of fused-ring (bicyclic) bond motifs is 3. The number of rotatable bonds is 0. The van der Waals surface area contributed by atoms with Crippen LogP contribution in [0.15, 0.2) is 17.2 Å². The summed E-state index contributed by atoms with van der Waals surface area (Å²) < 4.78 is 0. The first-order valence-electron chi connectivity index (χ1n) is 8.62. The first-order chi connectivity index (χ1) is 12.0. The summed E-state index contributed by atoms with van der Waals surface area (Å²) in [5.41, 5.74) is 2.79. The molecular weight excluding hydrogens is 338 g/mol. The number of aromatic hydroxyl groups is 1. The van der Waals surface area contributed by atoms with Crippen molar-refractivity contribution in [2.75, 3.05) is 16.8 Å². The van der Waals surface area contributed by atoms with Crippen LogP contribution in [0.3, 0.4) is 0 Å². The predicted molar refractivity (Wildman–Crippen MR) is 95.0 cm³/mol. The molecule has 5 heterocycles. The van der Waals surface area contributed by atoms with Gasteiger partial charge in [0.15, 0.2) is 5.75 Å². The van der Waals surface area contributed by atoms with Crippen molar-refractivity contribution in [1.29, 1.82) is 0 Å². The molecule has 3 atom stereocenters.